The zero-order valence-electron chi connectivity index (χ0n) is 6.13. The second-order valence-corrected chi connectivity index (χ2v) is 2.93. The van der Waals surface area contributed by atoms with E-state index in [2.05, 4.69) is 10.9 Å². The van der Waals surface area contributed by atoms with E-state index in [1.165, 1.54) is 11.3 Å². The van der Waals surface area contributed by atoms with Gasteiger partial charge in [-0.15, -0.1) is 17.8 Å². The summed E-state index contributed by atoms with van der Waals surface area (Å²) < 4.78 is 0. The van der Waals surface area contributed by atoms with Crippen molar-refractivity contribution in [3.63, 3.8) is 0 Å². The van der Waals surface area contributed by atoms with Crippen LogP contribution in [0.25, 0.3) is 0 Å². The summed E-state index contributed by atoms with van der Waals surface area (Å²) in [5.41, 5.74) is 2.43. The quantitative estimate of drug-likeness (QED) is 0.492. The van der Waals surface area contributed by atoms with Crippen molar-refractivity contribution < 1.29 is 4.79 Å². The van der Waals surface area contributed by atoms with Crippen LogP contribution in [0.15, 0.2) is 5.51 Å². The standard InChI is InChI=1S/C8H7NOS/c1-3-4-7(10)8-6(2)9-5-11-8/h1,5H,4H2,2H3. The highest BCUT2D eigenvalue weighted by Crippen LogP contribution is 2.13. The predicted molar refractivity (Wildman–Crippen MR) is 44.6 cm³/mol. The van der Waals surface area contributed by atoms with Gasteiger partial charge >= 0.3 is 0 Å². The molecule has 0 aliphatic carbocycles. The Kier molecular flexibility index (Phi) is 2.40. The summed E-state index contributed by atoms with van der Waals surface area (Å²) in [5.74, 6) is 2.31. The highest BCUT2D eigenvalue weighted by molar-refractivity contribution is 7.11. The van der Waals surface area contributed by atoms with Gasteiger partial charge in [-0.1, -0.05) is 5.92 Å². The summed E-state index contributed by atoms with van der Waals surface area (Å²) >= 11 is 1.34. The van der Waals surface area contributed by atoms with E-state index >= 15 is 0 Å². The number of aromatic nitrogens is 1. The first kappa shape index (κ1) is 7.96. The molecule has 0 bridgehead atoms. The Morgan fingerprint density at radius 3 is 3.09 bits per heavy atom. The van der Waals surface area contributed by atoms with Gasteiger partial charge in [0.25, 0.3) is 0 Å². The molecule has 0 N–H and O–H groups in total. The highest BCUT2D eigenvalue weighted by Gasteiger charge is 2.09. The first-order valence-corrected chi connectivity index (χ1v) is 4.00. The van der Waals surface area contributed by atoms with Gasteiger partial charge in [-0.05, 0) is 6.92 Å². The maximum Gasteiger partial charge on any atom is 0.186 e. The molecule has 1 aromatic heterocycles. The topological polar surface area (TPSA) is 30.0 Å². The van der Waals surface area contributed by atoms with Gasteiger partial charge in [0.1, 0.15) is 0 Å². The van der Waals surface area contributed by atoms with Crippen LogP contribution in [0, 0.1) is 19.3 Å². The zero-order chi connectivity index (χ0) is 8.27. The summed E-state index contributed by atoms with van der Waals surface area (Å²) in [4.78, 5) is 15.8. The molecule has 1 heterocycles. The van der Waals surface area contributed by atoms with Crippen molar-refractivity contribution >= 4 is 17.1 Å². The van der Waals surface area contributed by atoms with Crippen LogP contribution in [0.2, 0.25) is 0 Å². The summed E-state index contributed by atoms with van der Waals surface area (Å²) in [6.45, 7) is 1.81. The second-order valence-electron chi connectivity index (χ2n) is 2.07. The Hall–Kier alpha value is -1.14. The fraction of sp³-hybridized carbons (Fsp3) is 0.250. The fourth-order valence-electron chi connectivity index (χ4n) is 0.742. The molecule has 11 heavy (non-hydrogen) atoms. The molecule has 0 saturated heterocycles. The molecular formula is C8H7NOS. The number of nitrogens with zero attached hydrogens (tertiary/aromatic N) is 1. The molecule has 1 aromatic rings. The first-order valence-electron chi connectivity index (χ1n) is 3.12. The maximum atomic E-state index is 11.2. The molecule has 0 spiro atoms. The molecule has 0 saturated carbocycles. The normalized spacial score (nSPS) is 9.09. The molecule has 3 heteroatoms. The molecule has 0 aromatic carbocycles. The molecule has 0 aliphatic heterocycles. The van der Waals surface area contributed by atoms with E-state index in [-0.39, 0.29) is 12.2 Å². The smallest absolute Gasteiger partial charge is 0.186 e. The average molecular weight is 165 g/mol. The van der Waals surface area contributed by atoms with Crippen molar-refractivity contribution in [3.05, 3.63) is 16.1 Å². The van der Waals surface area contributed by atoms with E-state index in [4.69, 9.17) is 6.42 Å². The predicted octanol–water partition coefficient (Wildman–Crippen LogP) is 1.66. The summed E-state index contributed by atoms with van der Waals surface area (Å²) in [5, 5.41) is 0. The molecule has 0 fully saturated rings. The van der Waals surface area contributed by atoms with Gasteiger partial charge in [0.2, 0.25) is 0 Å². The van der Waals surface area contributed by atoms with Crippen LogP contribution >= 0.6 is 11.3 Å². The largest absolute Gasteiger partial charge is 0.292 e. The minimum atomic E-state index is -0.00694. The number of hydrogen-bond acceptors (Lipinski definition) is 3. The Labute approximate surface area is 69.3 Å². The lowest BCUT2D eigenvalue weighted by Gasteiger charge is -1.90. The SMILES string of the molecule is C#CCC(=O)c1scnc1C. The van der Waals surface area contributed by atoms with Crippen molar-refractivity contribution in [2.75, 3.05) is 0 Å². The third-order valence-electron chi connectivity index (χ3n) is 1.26. The van der Waals surface area contributed by atoms with Gasteiger partial charge in [-0.2, -0.15) is 0 Å². The Balaban J connectivity index is 2.86. The van der Waals surface area contributed by atoms with E-state index < -0.39 is 0 Å². The lowest BCUT2D eigenvalue weighted by molar-refractivity contribution is 0.100. The maximum absolute atomic E-state index is 11.2. The van der Waals surface area contributed by atoms with Crippen LogP contribution in [-0.2, 0) is 0 Å². The number of rotatable bonds is 2. The summed E-state index contributed by atoms with van der Waals surface area (Å²) in [6.07, 6.45) is 5.17. The molecule has 2 nitrogen and oxygen atoms in total. The van der Waals surface area contributed by atoms with Crippen molar-refractivity contribution in [1.29, 1.82) is 0 Å². The van der Waals surface area contributed by atoms with Crippen LogP contribution in [0.3, 0.4) is 0 Å². The van der Waals surface area contributed by atoms with E-state index in [1.54, 1.807) is 12.4 Å². The summed E-state index contributed by atoms with van der Waals surface area (Å²) in [6, 6.07) is 0. The van der Waals surface area contributed by atoms with Crippen molar-refractivity contribution in [2.45, 2.75) is 13.3 Å². The number of ketones is 1. The minimum Gasteiger partial charge on any atom is -0.292 e. The molecule has 0 amide bonds. The first-order chi connectivity index (χ1) is 5.25. The highest BCUT2D eigenvalue weighted by atomic mass is 32.1. The van der Waals surface area contributed by atoms with Crippen LogP contribution < -0.4 is 0 Å². The minimum absolute atomic E-state index is 0.00694. The molecule has 56 valence electrons. The third-order valence-corrected chi connectivity index (χ3v) is 2.23. The number of Topliss-reactive ketones (excluding diaryl/α,β-unsaturated/α-hetero) is 1. The molecule has 1 rings (SSSR count). The van der Waals surface area contributed by atoms with Crippen molar-refractivity contribution in [1.82, 2.24) is 4.98 Å². The number of thiazole rings is 1. The number of carbonyl (C=O) groups is 1. The molecule has 0 aliphatic rings. The van der Waals surface area contributed by atoms with Crippen molar-refractivity contribution in [3.8, 4) is 12.3 Å². The number of carbonyl (C=O) groups excluding carboxylic acids is 1. The van der Waals surface area contributed by atoms with Gasteiger partial charge in [0.15, 0.2) is 5.78 Å². The van der Waals surface area contributed by atoms with Crippen LogP contribution in [-0.4, -0.2) is 10.8 Å². The third kappa shape index (κ3) is 1.66. The van der Waals surface area contributed by atoms with E-state index in [9.17, 15) is 4.79 Å². The van der Waals surface area contributed by atoms with Gasteiger partial charge in [-0.3, -0.25) is 4.79 Å². The Morgan fingerprint density at radius 1 is 1.91 bits per heavy atom. The average Bonchev–Trinajstić information content (AvgIpc) is 2.36. The van der Waals surface area contributed by atoms with Gasteiger partial charge in [0, 0.05) is 0 Å². The van der Waals surface area contributed by atoms with Crippen molar-refractivity contribution in [2.24, 2.45) is 0 Å². The number of aryl methyl sites for hydroxylation is 1. The number of hydrogen-bond donors (Lipinski definition) is 0. The second kappa shape index (κ2) is 3.31. The fourth-order valence-corrected chi connectivity index (χ4v) is 1.49. The Bertz CT molecular complexity index is 308. The van der Waals surface area contributed by atoms with E-state index in [1.807, 2.05) is 0 Å². The molecule has 0 radical (unpaired) electrons. The van der Waals surface area contributed by atoms with Gasteiger partial charge in [0.05, 0.1) is 22.5 Å². The van der Waals surface area contributed by atoms with Crippen LogP contribution in [0.4, 0.5) is 0 Å². The Morgan fingerprint density at radius 2 is 2.64 bits per heavy atom. The van der Waals surface area contributed by atoms with Crippen LogP contribution in [0.1, 0.15) is 21.8 Å². The lowest BCUT2D eigenvalue weighted by atomic mass is 10.2. The zero-order valence-corrected chi connectivity index (χ0v) is 6.94. The van der Waals surface area contributed by atoms with Gasteiger partial charge in [-0.25, -0.2) is 4.98 Å². The summed E-state index contributed by atoms with van der Waals surface area (Å²) in [7, 11) is 0. The van der Waals surface area contributed by atoms with Gasteiger partial charge < -0.3 is 0 Å². The molecular weight excluding hydrogens is 158 g/mol. The lowest BCUT2D eigenvalue weighted by Crippen LogP contribution is -1.95. The monoisotopic (exact) mass is 165 g/mol. The van der Waals surface area contributed by atoms with E-state index in [0.717, 1.165) is 5.69 Å². The van der Waals surface area contributed by atoms with Crippen LogP contribution in [0.5, 0.6) is 0 Å². The number of terminal acetylenes is 1. The molecule has 0 unspecified atom stereocenters. The van der Waals surface area contributed by atoms with E-state index in [0.29, 0.717) is 4.88 Å². The molecule has 0 atom stereocenters.